The van der Waals surface area contributed by atoms with Gasteiger partial charge in [0.2, 0.25) is 0 Å². The predicted octanol–water partition coefficient (Wildman–Crippen LogP) is 3.86. The minimum atomic E-state index is -1.21. The van der Waals surface area contributed by atoms with E-state index in [0.29, 0.717) is 11.8 Å². The number of aldehydes is 1. The summed E-state index contributed by atoms with van der Waals surface area (Å²) in [6, 6.07) is 23.6. The average molecular weight is 444 g/mol. The van der Waals surface area contributed by atoms with Crippen LogP contribution in [-0.4, -0.2) is 36.1 Å². The van der Waals surface area contributed by atoms with Crippen LogP contribution in [0.25, 0.3) is 11.1 Å². The van der Waals surface area contributed by atoms with Crippen molar-refractivity contribution in [3.8, 4) is 11.1 Å². The van der Waals surface area contributed by atoms with Gasteiger partial charge < -0.3 is 14.6 Å². The molecule has 0 saturated heterocycles. The lowest BCUT2D eigenvalue weighted by molar-refractivity contribution is -0.140. The van der Waals surface area contributed by atoms with Gasteiger partial charge in [0.25, 0.3) is 0 Å². The van der Waals surface area contributed by atoms with Crippen LogP contribution in [0.4, 0.5) is 4.79 Å². The number of carboxylic acid groups (broad SMARTS) is 1. The van der Waals surface area contributed by atoms with Gasteiger partial charge in [0.1, 0.15) is 18.9 Å². The zero-order valence-corrected chi connectivity index (χ0v) is 17.8. The van der Waals surface area contributed by atoms with Crippen LogP contribution in [0, 0.1) is 0 Å². The van der Waals surface area contributed by atoms with E-state index in [1.165, 1.54) is 0 Å². The maximum absolute atomic E-state index is 12.4. The number of nitrogens with one attached hydrogen (secondary N) is 2. The number of hydrazine groups is 1. The fraction of sp³-hybridized carbons (Fsp3) is 0.192. The minimum Gasteiger partial charge on any atom is -0.480 e. The molecule has 0 fully saturated rings. The molecule has 0 heterocycles. The molecule has 0 spiro atoms. The van der Waals surface area contributed by atoms with Gasteiger partial charge in [-0.1, -0.05) is 78.9 Å². The van der Waals surface area contributed by atoms with Crippen molar-refractivity contribution in [2.45, 2.75) is 24.3 Å². The smallest absolute Gasteiger partial charge is 0.421 e. The topological polar surface area (TPSA) is 105 Å². The molecule has 7 nitrogen and oxygen atoms in total. The Morgan fingerprint density at radius 3 is 2.06 bits per heavy atom. The van der Waals surface area contributed by atoms with E-state index in [1.54, 1.807) is 30.3 Å². The molecule has 1 amide bonds. The summed E-state index contributed by atoms with van der Waals surface area (Å²) in [7, 11) is 0. The highest BCUT2D eigenvalue weighted by Crippen LogP contribution is 2.44. The van der Waals surface area contributed by atoms with Crippen LogP contribution >= 0.6 is 0 Å². The van der Waals surface area contributed by atoms with E-state index in [2.05, 4.69) is 10.9 Å². The van der Waals surface area contributed by atoms with Crippen LogP contribution in [0.5, 0.6) is 0 Å². The molecule has 3 N–H and O–H groups in total. The largest absolute Gasteiger partial charge is 0.480 e. The number of aliphatic carboxylic acids is 1. The lowest BCUT2D eigenvalue weighted by Gasteiger charge is -2.24. The Bertz CT molecular complexity index is 1100. The number of carbonyl (C=O) groups excluding carboxylic acids is 2. The van der Waals surface area contributed by atoms with Crippen LogP contribution in [0.3, 0.4) is 0 Å². The van der Waals surface area contributed by atoms with Crippen LogP contribution < -0.4 is 10.9 Å². The minimum absolute atomic E-state index is 0.0135. The SMILES string of the molecule is O=CCC(c1ccccc1)C(NNC(=O)OCC1c2ccccc2-c2ccccc21)C(=O)O. The molecule has 0 radical (unpaired) electrons. The van der Waals surface area contributed by atoms with E-state index in [0.717, 1.165) is 22.3 Å². The van der Waals surface area contributed by atoms with E-state index in [-0.39, 0.29) is 18.9 Å². The summed E-state index contributed by atoms with van der Waals surface area (Å²) in [5.41, 5.74) is 9.95. The number of benzene rings is 3. The van der Waals surface area contributed by atoms with Gasteiger partial charge in [-0.15, -0.1) is 0 Å². The second-order valence-electron chi connectivity index (χ2n) is 7.83. The van der Waals surface area contributed by atoms with Crippen LogP contribution in [0.15, 0.2) is 78.9 Å². The Morgan fingerprint density at radius 1 is 0.909 bits per heavy atom. The molecule has 168 valence electrons. The number of carboxylic acids is 1. The van der Waals surface area contributed by atoms with Crippen molar-refractivity contribution in [1.29, 1.82) is 0 Å². The second-order valence-corrected chi connectivity index (χ2v) is 7.83. The summed E-state index contributed by atoms with van der Waals surface area (Å²) < 4.78 is 5.44. The Hall–Kier alpha value is -3.97. The van der Waals surface area contributed by atoms with Gasteiger partial charge in [-0.05, 0) is 27.8 Å². The first-order valence-corrected chi connectivity index (χ1v) is 10.7. The summed E-state index contributed by atoms with van der Waals surface area (Å²) >= 11 is 0. The van der Waals surface area contributed by atoms with Gasteiger partial charge in [0.05, 0.1) is 0 Å². The molecule has 3 aromatic carbocycles. The summed E-state index contributed by atoms with van der Waals surface area (Å²) in [4.78, 5) is 35.5. The number of hydrogen-bond acceptors (Lipinski definition) is 5. The van der Waals surface area contributed by atoms with E-state index in [4.69, 9.17) is 4.74 Å². The van der Waals surface area contributed by atoms with Crippen molar-refractivity contribution in [1.82, 2.24) is 10.9 Å². The molecule has 0 saturated carbocycles. The molecule has 3 aromatic rings. The first-order valence-electron chi connectivity index (χ1n) is 10.7. The number of ether oxygens (including phenoxy) is 1. The molecule has 1 aliphatic rings. The van der Waals surface area contributed by atoms with E-state index < -0.39 is 24.0 Å². The number of fused-ring (bicyclic) bond motifs is 3. The molecular formula is C26H24N2O5. The summed E-state index contributed by atoms with van der Waals surface area (Å²) in [5, 5.41) is 9.69. The lowest BCUT2D eigenvalue weighted by atomic mass is 9.89. The second kappa shape index (κ2) is 10.1. The third-order valence-corrected chi connectivity index (χ3v) is 5.92. The Labute approximate surface area is 191 Å². The zero-order chi connectivity index (χ0) is 23.2. The standard InChI is InChI=1S/C26H24N2O5/c29-15-14-18(17-8-2-1-3-9-17)24(25(30)31)27-28-26(32)33-16-23-21-12-6-4-10-19(21)20-11-5-7-13-22(20)23/h1-13,15,18,23-24,27H,14,16H2,(H,28,32)(H,30,31). The third-order valence-electron chi connectivity index (χ3n) is 5.92. The third kappa shape index (κ3) is 4.78. The quantitative estimate of drug-likeness (QED) is 0.342. The van der Waals surface area contributed by atoms with Crippen LogP contribution in [0.1, 0.15) is 34.9 Å². The predicted molar refractivity (Wildman–Crippen MR) is 123 cm³/mol. The maximum atomic E-state index is 12.4. The molecule has 2 atom stereocenters. The first-order chi connectivity index (χ1) is 16.1. The van der Waals surface area contributed by atoms with Crippen LogP contribution in [-0.2, 0) is 14.3 Å². The molecule has 1 aliphatic carbocycles. The highest BCUT2D eigenvalue weighted by Gasteiger charge is 2.31. The fourth-order valence-corrected chi connectivity index (χ4v) is 4.37. The Morgan fingerprint density at radius 2 is 1.48 bits per heavy atom. The summed E-state index contributed by atoms with van der Waals surface area (Å²) in [6.45, 7) is 0.107. The van der Waals surface area contributed by atoms with Crippen molar-refractivity contribution in [3.05, 3.63) is 95.6 Å². The fourth-order valence-electron chi connectivity index (χ4n) is 4.37. The molecule has 0 aromatic heterocycles. The maximum Gasteiger partial charge on any atom is 0.421 e. The Kier molecular flexibility index (Phi) is 6.80. The highest BCUT2D eigenvalue weighted by atomic mass is 16.6. The van der Waals surface area contributed by atoms with E-state index in [9.17, 15) is 19.5 Å². The normalized spacial score (nSPS) is 13.9. The molecular weight excluding hydrogens is 420 g/mol. The number of amides is 1. The van der Waals surface area contributed by atoms with Crippen molar-refractivity contribution in [2.24, 2.45) is 0 Å². The molecule has 2 unspecified atom stereocenters. The van der Waals surface area contributed by atoms with Gasteiger partial charge >= 0.3 is 12.1 Å². The number of rotatable bonds is 9. The van der Waals surface area contributed by atoms with E-state index >= 15 is 0 Å². The van der Waals surface area contributed by atoms with Gasteiger partial charge in [0, 0.05) is 18.3 Å². The monoisotopic (exact) mass is 444 g/mol. The average Bonchev–Trinajstić information content (AvgIpc) is 3.16. The van der Waals surface area contributed by atoms with Gasteiger partial charge in [-0.3, -0.25) is 10.2 Å². The molecule has 0 bridgehead atoms. The molecule has 33 heavy (non-hydrogen) atoms. The molecule has 7 heteroatoms. The Balaban J connectivity index is 1.41. The van der Waals surface area contributed by atoms with Crippen molar-refractivity contribution in [2.75, 3.05) is 6.61 Å². The summed E-state index contributed by atoms with van der Waals surface area (Å²) in [5.74, 6) is -1.95. The van der Waals surface area contributed by atoms with Crippen molar-refractivity contribution < 1.29 is 24.2 Å². The molecule has 4 rings (SSSR count). The van der Waals surface area contributed by atoms with E-state index in [1.807, 2.05) is 48.5 Å². The highest BCUT2D eigenvalue weighted by molar-refractivity contribution is 5.79. The number of carbonyl (C=O) groups is 3. The van der Waals surface area contributed by atoms with Crippen molar-refractivity contribution in [3.63, 3.8) is 0 Å². The molecule has 0 aliphatic heterocycles. The lowest BCUT2D eigenvalue weighted by Crippen LogP contribution is -2.51. The van der Waals surface area contributed by atoms with Gasteiger partial charge in [-0.25, -0.2) is 10.2 Å². The van der Waals surface area contributed by atoms with Crippen LogP contribution in [0.2, 0.25) is 0 Å². The van der Waals surface area contributed by atoms with Gasteiger partial charge in [0.15, 0.2) is 0 Å². The number of hydrogen-bond donors (Lipinski definition) is 3. The van der Waals surface area contributed by atoms with Gasteiger partial charge in [-0.2, -0.15) is 0 Å². The van der Waals surface area contributed by atoms with Crippen molar-refractivity contribution >= 4 is 18.3 Å². The summed E-state index contributed by atoms with van der Waals surface area (Å²) in [6.07, 6.45) is -0.135. The zero-order valence-electron chi connectivity index (χ0n) is 17.8. The first kappa shape index (κ1) is 22.2.